The Labute approximate surface area is 173 Å². The molecule has 1 saturated heterocycles. The minimum absolute atomic E-state index is 0.172. The Morgan fingerprint density at radius 1 is 1.15 bits per heavy atom. The Bertz CT molecular complexity index is 733. The second-order valence-corrected chi connectivity index (χ2v) is 8.01. The third-order valence-corrected chi connectivity index (χ3v) is 4.45. The molecule has 2 rings (SSSR count). The molecule has 0 aliphatic carbocycles. The van der Waals surface area contributed by atoms with Crippen molar-refractivity contribution in [1.82, 2.24) is 25.6 Å². The first-order valence-corrected chi connectivity index (χ1v) is 9.37. The number of carbonyl (C=O) groups excluding carboxylic acids is 2. The maximum Gasteiger partial charge on any atom is 0.410 e. The molecule has 1 aromatic rings. The van der Waals surface area contributed by atoms with Crippen molar-refractivity contribution in [3.8, 4) is 0 Å². The van der Waals surface area contributed by atoms with Gasteiger partial charge in [0.2, 0.25) is 0 Å². The second-order valence-electron chi connectivity index (χ2n) is 6.83. The number of piperazine rings is 1. The number of hydrazine groups is 1. The number of hydrogen-bond donors (Lipinski definition) is 2. The lowest BCUT2D eigenvalue weighted by Crippen LogP contribution is -2.56. The molecule has 1 aromatic heterocycles. The number of nitrogens with one attached hydrogen (secondary N) is 2. The van der Waals surface area contributed by atoms with Gasteiger partial charge >= 0.3 is 6.09 Å². The van der Waals surface area contributed by atoms with Crippen molar-refractivity contribution >= 4 is 52.5 Å². The summed E-state index contributed by atoms with van der Waals surface area (Å²) < 4.78 is 5.36. The van der Waals surface area contributed by atoms with E-state index in [2.05, 4.69) is 15.8 Å². The number of pyridine rings is 1. The smallest absolute Gasteiger partial charge is 0.410 e. The summed E-state index contributed by atoms with van der Waals surface area (Å²) in [6.45, 7) is 7.45. The van der Waals surface area contributed by atoms with Crippen molar-refractivity contribution in [2.24, 2.45) is 0 Å². The number of rotatable bonds is 1. The number of thiocarbonyl (C=S) groups is 1. The fraction of sp³-hybridized carbons (Fsp3) is 0.500. The van der Waals surface area contributed by atoms with E-state index in [1.54, 1.807) is 4.90 Å². The number of carbonyl (C=O) groups is 2. The van der Waals surface area contributed by atoms with Crippen LogP contribution >= 0.6 is 35.4 Å². The maximum absolute atomic E-state index is 12.1. The molecule has 8 nitrogen and oxygen atoms in total. The lowest BCUT2D eigenvalue weighted by atomic mass is 10.2. The molecule has 1 fully saturated rings. The summed E-state index contributed by atoms with van der Waals surface area (Å²) in [5.74, 6) is -0.487. The molecular formula is C16H21Cl2N5O3S. The lowest BCUT2D eigenvalue weighted by Gasteiger charge is -2.36. The van der Waals surface area contributed by atoms with Gasteiger partial charge in [0.15, 0.2) is 5.11 Å². The van der Waals surface area contributed by atoms with Crippen LogP contribution in [-0.2, 0) is 4.74 Å². The fourth-order valence-electron chi connectivity index (χ4n) is 2.25. The van der Waals surface area contributed by atoms with Crippen LogP contribution < -0.4 is 10.9 Å². The Morgan fingerprint density at radius 2 is 1.74 bits per heavy atom. The van der Waals surface area contributed by atoms with Crippen molar-refractivity contribution < 1.29 is 14.3 Å². The van der Waals surface area contributed by atoms with Crippen molar-refractivity contribution in [1.29, 1.82) is 0 Å². The topological polar surface area (TPSA) is 86.8 Å². The van der Waals surface area contributed by atoms with Crippen LogP contribution in [0.4, 0.5) is 4.79 Å². The Morgan fingerprint density at radius 3 is 2.30 bits per heavy atom. The third-order valence-electron chi connectivity index (χ3n) is 3.57. The largest absolute Gasteiger partial charge is 0.444 e. The molecule has 0 aromatic carbocycles. The Balaban J connectivity index is 1.81. The molecule has 1 aliphatic rings. The molecule has 0 spiro atoms. The number of ether oxygens (including phenoxy) is 1. The van der Waals surface area contributed by atoms with E-state index in [4.69, 9.17) is 40.2 Å². The summed E-state index contributed by atoms with van der Waals surface area (Å²) in [4.78, 5) is 31.5. The average Bonchev–Trinajstić information content (AvgIpc) is 2.58. The van der Waals surface area contributed by atoms with Crippen LogP contribution in [0, 0.1) is 0 Å². The summed E-state index contributed by atoms with van der Waals surface area (Å²) in [7, 11) is 0. The van der Waals surface area contributed by atoms with Gasteiger partial charge in [0.25, 0.3) is 5.91 Å². The Kier molecular flexibility index (Phi) is 7.07. The van der Waals surface area contributed by atoms with E-state index in [1.165, 1.54) is 12.3 Å². The SMILES string of the molecule is CC(C)(C)OC(=O)N1CCN(C(=S)NNC(=O)c2cnc(Cl)cc2Cl)CC1. The van der Waals surface area contributed by atoms with Gasteiger partial charge in [0.05, 0.1) is 10.6 Å². The summed E-state index contributed by atoms with van der Waals surface area (Å²) in [5.41, 5.74) is 4.79. The van der Waals surface area contributed by atoms with Crippen LogP contribution in [0.15, 0.2) is 12.3 Å². The summed E-state index contributed by atoms with van der Waals surface area (Å²) in [6.07, 6.45) is 0.934. The number of halogens is 2. The first-order valence-electron chi connectivity index (χ1n) is 8.21. The zero-order chi connectivity index (χ0) is 20.2. The van der Waals surface area contributed by atoms with E-state index in [0.717, 1.165) is 0 Å². The maximum atomic E-state index is 12.1. The van der Waals surface area contributed by atoms with Gasteiger partial charge in [-0.05, 0) is 39.1 Å². The van der Waals surface area contributed by atoms with E-state index in [-0.39, 0.29) is 21.8 Å². The van der Waals surface area contributed by atoms with E-state index >= 15 is 0 Å². The molecule has 1 aliphatic heterocycles. The van der Waals surface area contributed by atoms with Crippen molar-refractivity contribution in [3.63, 3.8) is 0 Å². The van der Waals surface area contributed by atoms with Gasteiger partial charge in [0, 0.05) is 32.4 Å². The highest BCUT2D eigenvalue weighted by atomic mass is 35.5. The highest BCUT2D eigenvalue weighted by molar-refractivity contribution is 7.80. The standard InChI is InChI=1S/C16H21Cl2N5O3S/c1-16(2,3)26-15(25)23-6-4-22(5-7-23)14(27)21-20-13(24)10-9-19-12(18)8-11(10)17/h8-9H,4-7H2,1-3H3,(H,20,24)(H,21,27). The lowest BCUT2D eigenvalue weighted by molar-refractivity contribution is 0.0186. The molecule has 0 bridgehead atoms. The number of nitrogens with zero attached hydrogens (tertiary/aromatic N) is 3. The molecule has 2 heterocycles. The van der Waals surface area contributed by atoms with Crippen LogP contribution in [0.25, 0.3) is 0 Å². The van der Waals surface area contributed by atoms with Crippen molar-refractivity contribution in [2.45, 2.75) is 26.4 Å². The molecule has 27 heavy (non-hydrogen) atoms. The van der Waals surface area contributed by atoms with E-state index < -0.39 is 11.5 Å². The molecule has 11 heteroatoms. The van der Waals surface area contributed by atoms with E-state index in [9.17, 15) is 9.59 Å². The third kappa shape index (κ3) is 6.37. The summed E-state index contributed by atoms with van der Waals surface area (Å²) in [5, 5.41) is 0.722. The predicted molar refractivity (Wildman–Crippen MR) is 107 cm³/mol. The normalized spacial score (nSPS) is 14.6. The fourth-order valence-corrected chi connectivity index (χ4v) is 2.94. The summed E-state index contributed by atoms with van der Waals surface area (Å²) in [6, 6.07) is 1.38. The van der Waals surface area contributed by atoms with Crippen LogP contribution in [0.1, 0.15) is 31.1 Å². The molecule has 2 amide bonds. The zero-order valence-electron chi connectivity index (χ0n) is 15.2. The monoisotopic (exact) mass is 433 g/mol. The molecular weight excluding hydrogens is 413 g/mol. The van der Waals surface area contributed by atoms with Crippen LogP contribution in [0.5, 0.6) is 0 Å². The van der Waals surface area contributed by atoms with Crippen molar-refractivity contribution in [2.75, 3.05) is 26.2 Å². The van der Waals surface area contributed by atoms with Crippen LogP contribution in [0.2, 0.25) is 10.2 Å². The van der Waals surface area contributed by atoms with E-state index in [0.29, 0.717) is 31.3 Å². The summed E-state index contributed by atoms with van der Waals surface area (Å²) >= 11 is 17.0. The zero-order valence-corrected chi connectivity index (χ0v) is 17.5. The first-order chi connectivity index (χ1) is 12.6. The van der Waals surface area contributed by atoms with Gasteiger partial charge in [-0.25, -0.2) is 9.78 Å². The van der Waals surface area contributed by atoms with Gasteiger partial charge in [0.1, 0.15) is 10.8 Å². The van der Waals surface area contributed by atoms with Gasteiger partial charge < -0.3 is 14.5 Å². The van der Waals surface area contributed by atoms with Crippen LogP contribution in [-0.4, -0.2) is 63.7 Å². The minimum Gasteiger partial charge on any atom is -0.444 e. The minimum atomic E-state index is -0.535. The quantitative estimate of drug-likeness (QED) is 0.399. The molecule has 148 valence electrons. The highest BCUT2D eigenvalue weighted by Gasteiger charge is 2.26. The molecule has 0 saturated carbocycles. The number of amides is 2. The molecule has 0 unspecified atom stereocenters. The van der Waals surface area contributed by atoms with Gasteiger partial charge in [-0.3, -0.25) is 15.6 Å². The van der Waals surface area contributed by atoms with Gasteiger partial charge in [-0.1, -0.05) is 23.2 Å². The molecule has 0 atom stereocenters. The van der Waals surface area contributed by atoms with Crippen molar-refractivity contribution in [3.05, 3.63) is 28.0 Å². The second kappa shape index (κ2) is 8.90. The molecule has 2 N–H and O–H groups in total. The van der Waals surface area contributed by atoms with Gasteiger partial charge in [-0.2, -0.15) is 0 Å². The highest BCUT2D eigenvalue weighted by Crippen LogP contribution is 2.18. The van der Waals surface area contributed by atoms with E-state index in [1.807, 2.05) is 25.7 Å². The first kappa shape index (κ1) is 21.5. The van der Waals surface area contributed by atoms with Gasteiger partial charge in [-0.15, -0.1) is 0 Å². The number of hydrogen-bond acceptors (Lipinski definition) is 5. The number of aromatic nitrogens is 1. The average molecular weight is 434 g/mol. The molecule has 0 radical (unpaired) electrons. The van der Waals surface area contributed by atoms with Crippen LogP contribution in [0.3, 0.4) is 0 Å². The predicted octanol–water partition coefficient (Wildman–Crippen LogP) is 2.46. The Hall–Kier alpha value is -1.84.